The van der Waals surface area contributed by atoms with Crippen molar-refractivity contribution in [2.24, 2.45) is 0 Å². The van der Waals surface area contributed by atoms with Gasteiger partial charge < -0.3 is 9.64 Å². The first-order chi connectivity index (χ1) is 14.7. The molecule has 0 bridgehead atoms. The van der Waals surface area contributed by atoms with Gasteiger partial charge in [-0.05, 0) is 49.4 Å². The van der Waals surface area contributed by atoms with Crippen LogP contribution in [0.5, 0.6) is 0 Å². The van der Waals surface area contributed by atoms with Gasteiger partial charge in [-0.25, -0.2) is 14.4 Å². The highest BCUT2D eigenvalue weighted by Crippen LogP contribution is 2.33. The van der Waals surface area contributed by atoms with E-state index in [1.165, 1.54) is 23.9 Å². The summed E-state index contributed by atoms with van der Waals surface area (Å²) in [5.74, 6) is 0.432. The van der Waals surface area contributed by atoms with E-state index in [2.05, 4.69) is 11.8 Å². The predicted molar refractivity (Wildman–Crippen MR) is 124 cm³/mol. The zero-order valence-corrected chi connectivity index (χ0v) is 19.0. The first kappa shape index (κ1) is 21.7. The van der Waals surface area contributed by atoms with Crippen molar-refractivity contribution in [1.82, 2.24) is 9.97 Å². The number of nitrogens with zero attached hydrogens (tertiary/aromatic N) is 3. The summed E-state index contributed by atoms with van der Waals surface area (Å²) in [6, 6.07) is 11.9. The third kappa shape index (κ3) is 4.88. The number of rotatable bonds is 3. The fourth-order valence-electron chi connectivity index (χ4n) is 3.55. The standard InChI is InChI=1S/C24H26FN3O2S/c1-15-14-30-12-11-28(15)22-21(16-5-8-18(25)9-6-16)26-19-10-7-17(13-20(19)27-22)23(29)31-24(2,3)4/h5-10,13,15H,11-12,14H2,1-4H3/t15-/m0/s1. The van der Waals surface area contributed by atoms with Crippen LogP contribution in [0.4, 0.5) is 10.2 Å². The van der Waals surface area contributed by atoms with Gasteiger partial charge in [-0.3, -0.25) is 4.79 Å². The quantitative estimate of drug-likeness (QED) is 0.550. The van der Waals surface area contributed by atoms with Crippen LogP contribution >= 0.6 is 11.8 Å². The monoisotopic (exact) mass is 439 g/mol. The van der Waals surface area contributed by atoms with Gasteiger partial charge in [0.05, 0.1) is 30.3 Å². The molecule has 0 radical (unpaired) electrons. The molecule has 1 fully saturated rings. The number of ether oxygens (including phenoxy) is 1. The Morgan fingerprint density at radius 3 is 2.55 bits per heavy atom. The lowest BCUT2D eigenvalue weighted by atomic mass is 10.1. The summed E-state index contributed by atoms with van der Waals surface area (Å²) in [4.78, 5) is 24.7. The highest BCUT2D eigenvalue weighted by Gasteiger charge is 2.25. The van der Waals surface area contributed by atoms with Crippen LogP contribution < -0.4 is 4.90 Å². The van der Waals surface area contributed by atoms with E-state index in [1.54, 1.807) is 18.2 Å². The van der Waals surface area contributed by atoms with Crippen LogP contribution in [0.3, 0.4) is 0 Å². The summed E-state index contributed by atoms with van der Waals surface area (Å²) in [6.45, 7) is 10.0. The minimum Gasteiger partial charge on any atom is -0.377 e. The molecule has 0 spiro atoms. The molecule has 1 aliphatic heterocycles. The molecule has 0 N–H and O–H groups in total. The van der Waals surface area contributed by atoms with Gasteiger partial charge in [0.15, 0.2) is 5.82 Å². The molecule has 1 aromatic heterocycles. The summed E-state index contributed by atoms with van der Waals surface area (Å²) in [5.41, 5.74) is 3.47. The lowest BCUT2D eigenvalue weighted by Crippen LogP contribution is -2.44. The molecule has 31 heavy (non-hydrogen) atoms. The highest BCUT2D eigenvalue weighted by atomic mass is 32.2. The van der Waals surface area contributed by atoms with Crippen molar-refractivity contribution in [1.29, 1.82) is 0 Å². The fraction of sp³-hybridized carbons (Fsp3) is 0.375. The Bertz CT molecular complexity index is 1110. The zero-order chi connectivity index (χ0) is 22.2. The second-order valence-electron chi connectivity index (χ2n) is 8.73. The number of aromatic nitrogens is 2. The summed E-state index contributed by atoms with van der Waals surface area (Å²) >= 11 is 1.30. The largest absolute Gasteiger partial charge is 0.377 e. The number of carbonyl (C=O) groups is 1. The Labute approximate surface area is 186 Å². The lowest BCUT2D eigenvalue weighted by molar-refractivity contribution is 0.0986. The number of hydrogen-bond acceptors (Lipinski definition) is 6. The van der Waals surface area contributed by atoms with E-state index in [4.69, 9.17) is 14.7 Å². The van der Waals surface area contributed by atoms with E-state index in [-0.39, 0.29) is 21.7 Å². The van der Waals surface area contributed by atoms with Crippen LogP contribution in [0.1, 0.15) is 38.1 Å². The van der Waals surface area contributed by atoms with Gasteiger partial charge in [0.25, 0.3) is 0 Å². The number of hydrogen-bond donors (Lipinski definition) is 0. The normalized spacial score (nSPS) is 17.2. The SMILES string of the molecule is C[C@H]1COCCN1c1nc2cc(C(=O)SC(C)(C)C)ccc2nc1-c1ccc(F)cc1. The zero-order valence-electron chi connectivity index (χ0n) is 18.2. The highest BCUT2D eigenvalue weighted by molar-refractivity contribution is 8.15. The van der Waals surface area contributed by atoms with Gasteiger partial charge in [-0.1, -0.05) is 32.5 Å². The number of thioether (sulfide) groups is 1. The van der Waals surface area contributed by atoms with E-state index < -0.39 is 0 Å². The van der Waals surface area contributed by atoms with Crippen LogP contribution in [0.2, 0.25) is 0 Å². The summed E-state index contributed by atoms with van der Waals surface area (Å²) < 4.78 is 18.9. The maximum Gasteiger partial charge on any atom is 0.219 e. The molecule has 0 amide bonds. The van der Waals surface area contributed by atoms with Gasteiger partial charge in [-0.15, -0.1) is 0 Å². The van der Waals surface area contributed by atoms with E-state index in [0.29, 0.717) is 42.0 Å². The second kappa shape index (κ2) is 8.55. The van der Waals surface area contributed by atoms with Gasteiger partial charge in [0, 0.05) is 22.4 Å². The maximum absolute atomic E-state index is 13.5. The Hall–Kier alpha value is -2.51. The van der Waals surface area contributed by atoms with Gasteiger partial charge in [0.1, 0.15) is 11.5 Å². The number of anilines is 1. The smallest absolute Gasteiger partial charge is 0.219 e. The average molecular weight is 440 g/mol. The van der Waals surface area contributed by atoms with Crippen molar-refractivity contribution < 1.29 is 13.9 Å². The van der Waals surface area contributed by atoms with Crippen LogP contribution in [-0.4, -0.2) is 45.6 Å². The molecule has 3 aromatic rings. The van der Waals surface area contributed by atoms with Gasteiger partial charge >= 0.3 is 0 Å². The van der Waals surface area contributed by atoms with E-state index in [0.717, 1.165) is 11.4 Å². The Morgan fingerprint density at radius 2 is 1.87 bits per heavy atom. The third-order valence-corrected chi connectivity index (χ3v) is 6.07. The molecular formula is C24H26FN3O2S. The van der Waals surface area contributed by atoms with E-state index >= 15 is 0 Å². The molecular weight excluding hydrogens is 413 g/mol. The Kier molecular flexibility index (Phi) is 5.99. The van der Waals surface area contributed by atoms with Crippen molar-refractivity contribution >= 4 is 33.7 Å². The number of morpholine rings is 1. The van der Waals surface area contributed by atoms with Crippen molar-refractivity contribution in [3.63, 3.8) is 0 Å². The molecule has 2 aromatic carbocycles. The van der Waals surface area contributed by atoms with Crippen LogP contribution in [0.15, 0.2) is 42.5 Å². The molecule has 7 heteroatoms. The Balaban J connectivity index is 1.84. The maximum atomic E-state index is 13.5. The molecule has 1 atom stereocenters. The topological polar surface area (TPSA) is 55.3 Å². The van der Waals surface area contributed by atoms with Crippen LogP contribution in [0.25, 0.3) is 22.3 Å². The number of carbonyl (C=O) groups excluding carboxylic acids is 1. The molecule has 0 aliphatic carbocycles. The molecule has 1 saturated heterocycles. The third-order valence-electron chi connectivity index (χ3n) is 5.04. The molecule has 0 saturated carbocycles. The summed E-state index contributed by atoms with van der Waals surface area (Å²) in [6.07, 6.45) is 0. The molecule has 5 nitrogen and oxygen atoms in total. The molecule has 162 valence electrons. The average Bonchev–Trinajstić information content (AvgIpc) is 2.72. The van der Waals surface area contributed by atoms with Gasteiger partial charge in [0.2, 0.25) is 5.12 Å². The minimum atomic E-state index is -0.293. The van der Waals surface area contributed by atoms with Crippen molar-refractivity contribution in [3.05, 3.63) is 53.8 Å². The Morgan fingerprint density at radius 1 is 1.13 bits per heavy atom. The van der Waals surface area contributed by atoms with E-state index in [9.17, 15) is 9.18 Å². The minimum absolute atomic E-state index is 0.0140. The molecule has 1 aliphatic rings. The summed E-state index contributed by atoms with van der Waals surface area (Å²) in [7, 11) is 0. The second-order valence-corrected chi connectivity index (χ2v) is 10.5. The molecule has 2 heterocycles. The predicted octanol–water partition coefficient (Wildman–Crippen LogP) is 5.33. The van der Waals surface area contributed by atoms with E-state index in [1.807, 2.05) is 32.9 Å². The lowest BCUT2D eigenvalue weighted by Gasteiger charge is -2.35. The first-order valence-electron chi connectivity index (χ1n) is 10.4. The van der Waals surface area contributed by atoms with Crippen molar-refractivity contribution in [3.8, 4) is 11.3 Å². The molecule has 0 unspecified atom stereocenters. The van der Waals surface area contributed by atoms with Crippen molar-refractivity contribution in [2.75, 3.05) is 24.7 Å². The number of halogens is 1. The van der Waals surface area contributed by atoms with Crippen molar-refractivity contribution in [2.45, 2.75) is 38.5 Å². The van der Waals surface area contributed by atoms with Gasteiger partial charge in [-0.2, -0.15) is 0 Å². The fourth-order valence-corrected chi connectivity index (χ4v) is 4.35. The number of fused-ring (bicyclic) bond motifs is 1. The first-order valence-corrected chi connectivity index (χ1v) is 11.2. The number of benzene rings is 2. The summed E-state index contributed by atoms with van der Waals surface area (Å²) in [5, 5.41) is 0.0140. The molecule has 4 rings (SSSR count). The van der Waals surface area contributed by atoms with Crippen LogP contribution in [-0.2, 0) is 4.74 Å². The van der Waals surface area contributed by atoms with Crippen LogP contribution in [0, 0.1) is 5.82 Å².